The van der Waals surface area contributed by atoms with Gasteiger partial charge in [-0.05, 0) is 35.4 Å². The number of halogens is 2. The third-order valence-corrected chi connectivity index (χ3v) is 5.01. The summed E-state index contributed by atoms with van der Waals surface area (Å²) in [5.41, 5.74) is 2.97. The van der Waals surface area contributed by atoms with Crippen LogP contribution in [0, 0.1) is 0 Å². The van der Waals surface area contributed by atoms with Gasteiger partial charge in [-0.15, -0.1) is 0 Å². The van der Waals surface area contributed by atoms with Gasteiger partial charge in [0.2, 0.25) is 11.8 Å². The first-order valence-corrected chi connectivity index (χ1v) is 9.82. The average molecular weight is 448 g/mol. The molecule has 0 spiro atoms. The smallest absolute Gasteiger partial charge is 0.326 e. The molecule has 9 heteroatoms. The van der Waals surface area contributed by atoms with Crippen LogP contribution in [-0.4, -0.2) is 28.9 Å². The van der Waals surface area contributed by atoms with Gasteiger partial charge in [0.25, 0.3) is 0 Å². The van der Waals surface area contributed by atoms with Crippen LogP contribution >= 0.6 is 23.2 Å². The minimum absolute atomic E-state index is 0.0900. The predicted octanol–water partition coefficient (Wildman–Crippen LogP) is 3.92. The highest BCUT2D eigenvalue weighted by molar-refractivity contribution is 6.36. The Bertz CT molecular complexity index is 1040. The van der Waals surface area contributed by atoms with E-state index >= 15 is 0 Å². The minimum atomic E-state index is -1.04. The van der Waals surface area contributed by atoms with Crippen LogP contribution < -0.4 is 16.0 Å². The molecular weight excluding hydrogens is 429 g/mol. The average Bonchev–Trinajstić information content (AvgIpc) is 2.66. The molecule has 0 fully saturated rings. The van der Waals surface area contributed by atoms with Crippen molar-refractivity contribution in [2.24, 2.45) is 0 Å². The minimum Gasteiger partial charge on any atom is -0.480 e. The van der Waals surface area contributed by atoms with Crippen molar-refractivity contribution >= 4 is 57.9 Å². The third kappa shape index (κ3) is 5.31. The van der Waals surface area contributed by atoms with Crippen LogP contribution in [0.3, 0.4) is 0 Å². The molecule has 4 N–H and O–H groups in total. The number of nitrogens with one attached hydrogen (secondary N) is 3. The maximum atomic E-state index is 12.6. The second kappa shape index (κ2) is 9.19. The number of fused-ring (bicyclic) bond motifs is 1. The van der Waals surface area contributed by atoms with Gasteiger partial charge in [-0.1, -0.05) is 35.3 Å². The first-order chi connectivity index (χ1) is 14.2. The summed E-state index contributed by atoms with van der Waals surface area (Å²) in [6, 6.07) is 9.24. The first-order valence-electron chi connectivity index (χ1n) is 9.06. The Morgan fingerprint density at radius 3 is 2.53 bits per heavy atom. The van der Waals surface area contributed by atoms with E-state index in [-0.39, 0.29) is 12.3 Å². The van der Waals surface area contributed by atoms with E-state index in [4.69, 9.17) is 23.2 Å². The Morgan fingerprint density at radius 1 is 1.20 bits per heavy atom. The Labute approximate surface area is 183 Å². The third-order valence-electron chi connectivity index (χ3n) is 4.50. The van der Waals surface area contributed by atoms with Gasteiger partial charge in [0.05, 0.1) is 5.02 Å². The lowest BCUT2D eigenvalue weighted by Gasteiger charge is -2.27. The van der Waals surface area contributed by atoms with Gasteiger partial charge >= 0.3 is 5.97 Å². The molecule has 1 heterocycles. The summed E-state index contributed by atoms with van der Waals surface area (Å²) in [7, 11) is 0. The van der Waals surface area contributed by atoms with E-state index in [9.17, 15) is 19.5 Å². The molecule has 2 aromatic rings. The zero-order valence-corrected chi connectivity index (χ0v) is 17.5. The van der Waals surface area contributed by atoms with E-state index in [1.807, 2.05) is 0 Å². The molecule has 0 bridgehead atoms. The molecule has 0 saturated heterocycles. The quantitative estimate of drug-likeness (QED) is 0.519. The number of carboxylic acid groups (broad SMARTS) is 1. The van der Waals surface area contributed by atoms with Crippen molar-refractivity contribution in [2.45, 2.75) is 25.9 Å². The molecule has 0 radical (unpaired) electrons. The van der Waals surface area contributed by atoms with Gasteiger partial charge in [0.15, 0.2) is 0 Å². The summed E-state index contributed by atoms with van der Waals surface area (Å²) in [5.74, 6) is -1.58. The Hall–Kier alpha value is -3.03. The SMILES string of the molecule is CC(=O)NCc1ccc(NC(=O)/C=C2\CC(C(=O)O)Nc3cc(Cl)cc(Cl)c32)cc1. The van der Waals surface area contributed by atoms with Gasteiger partial charge in [-0.3, -0.25) is 9.59 Å². The topological polar surface area (TPSA) is 108 Å². The van der Waals surface area contributed by atoms with E-state index in [1.54, 1.807) is 36.4 Å². The van der Waals surface area contributed by atoms with Crippen LogP contribution in [0.4, 0.5) is 11.4 Å². The normalized spacial score (nSPS) is 16.4. The molecular formula is C21H19Cl2N3O4. The predicted molar refractivity (Wildman–Crippen MR) is 117 cm³/mol. The monoisotopic (exact) mass is 447 g/mol. The number of benzene rings is 2. The maximum Gasteiger partial charge on any atom is 0.326 e. The highest BCUT2D eigenvalue weighted by Crippen LogP contribution is 2.40. The van der Waals surface area contributed by atoms with Gasteiger partial charge in [0, 0.05) is 47.9 Å². The summed E-state index contributed by atoms with van der Waals surface area (Å²) in [4.78, 5) is 35.0. The highest BCUT2D eigenvalue weighted by atomic mass is 35.5. The summed E-state index contributed by atoms with van der Waals surface area (Å²) in [5, 5.41) is 18.4. The molecule has 3 rings (SSSR count). The van der Waals surface area contributed by atoms with E-state index in [0.29, 0.717) is 39.1 Å². The van der Waals surface area contributed by atoms with Gasteiger partial charge in [-0.25, -0.2) is 4.79 Å². The van der Waals surface area contributed by atoms with E-state index in [0.717, 1.165) is 5.56 Å². The molecule has 1 unspecified atom stereocenters. The molecule has 1 aliphatic heterocycles. The van der Waals surface area contributed by atoms with Crippen LogP contribution in [0.5, 0.6) is 0 Å². The molecule has 0 saturated carbocycles. The van der Waals surface area contributed by atoms with Crippen molar-refractivity contribution in [3.05, 3.63) is 63.6 Å². The van der Waals surface area contributed by atoms with Crippen molar-refractivity contribution in [3.63, 3.8) is 0 Å². The number of rotatable bonds is 5. The molecule has 30 heavy (non-hydrogen) atoms. The summed E-state index contributed by atoms with van der Waals surface area (Å²) in [6.07, 6.45) is 1.44. The zero-order chi connectivity index (χ0) is 21.8. The lowest BCUT2D eigenvalue weighted by molar-refractivity contribution is -0.137. The molecule has 7 nitrogen and oxygen atoms in total. The molecule has 156 valence electrons. The molecule has 0 aliphatic carbocycles. The van der Waals surface area contributed by atoms with Gasteiger partial charge in [0.1, 0.15) is 6.04 Å². The number of carbonyl (C=O) groups is 3. The van der Waals surface area contributed by atoms with Crippen LogP contribution in [0.2, 0.25) is 10.0 Å². The van der Waals surface area contributed by atoms with Crippen molar-refractivity contribution < 1.29 is 19.5 Å². The molecule has 0 aromatic heterocycles. The van der Waals surface area contributed by atoms with Crippen molar-refractivity contribution in [1.29, 1.82) is 0 Å². The fourth-order valence-electron chi connectivity index (χ4n) is 3.12. The standard InChI is InChI=1S/C21H19Cl2N3O4/c1-11(27)24-10-12-2-4-15(5-3-12)25-19(28)7-13-6-18(21(29)30)26-17-9-14(22)8-16(23)20(13)17/h2-5,7-9,18,26H,6,10H2,1H3,(H,24,27)(H,25,28)(H,29,30)/b13-7+. The summed E-state index contributed by atoms with van der Waals surface area (Å²) in [6.45, 7) is 1.84. The van der Waals surface area contributed by atoms with E-state index in [1.165, 1.54) is 13.0 Å². The molecule has 1 aliphatic rings. The van der Waals surface area contributed by atoms with Crippen molar-refractivity contribution in [1.82, 2.24) is 5.32 Å². The Balaban J connectivity index is 1.80. The number of hydrogen-bond acceptors (Lipinski definition) is 4. The highest BCUT2D eigenvalue weighted by Gasteiger charge is 2.29. The second-order valence-electron chi connectivity index (χ2n) is 6.81. The van der Waals surface area contributed by atoms with Crippen molar-refractivity contribution in [2.75, 3.05) is 10.6 Å². The number of aliphatic carboxylic acids is 1. The lowest BCUT2D eigenvalue weighted by atomic mass is 9.92. The summed E-state index contributed by atoms with van der Waals surface area (Å²) < 4.78 is 0. The van der Waals surface area contributed by atoms with Gasteiger partial charge in [-0.2, -0.15) is 0 Å². The molecule has 2 amide bonds. The number of hydrogen-bond donors (Lipinski definition) is 4. The fraction of sp³-hybridized carbons (Fsp3) is 0.190. The van der Waals surface area contributed by atoms with Crippen molar-refractivity contribution in [3.8, 4) is 0 Å². The first kappa shape index (κ1) is 21.7. The van der Waals surface area contributed by atoms with Crippen LogP contribution in [-0.2, 0) is 20.9 Å². The molecule has 1 atom stereocenters. The number of carbonyl (C=O) groups excluding carboxylic acids is 2. The van der Waals surface area contributed by atoms with Crippen LogP contribution in [0.1, 0.15) is 24.5 Å². The molecule has 2 aromatic carbocycles. The van der Waals surface area contributed by atoms with Gasteiger partial charge < -0.3 is 21.1 Å². The van der Waals surface area contributed by atoms with Crippen LogP contribution in [0.25, 0.3) is 5.57 Å². The maximum absolute atomic E-state index is 12.6. The van der Waals surface area contributed by atoms with E-state index < -0.39 is 17.9 Å². The summed E-state index contributed by atoms with van der Waals surface area (Å²) >= 11 is 12.3. The fourth-order valence-corrected chi connectivity index (χ4v) is 3.74. The number of amides is 2. The number of anilines is 2. The number of carboxylic acids is 1. The Kier molecular flexibility index (Phi) is 6.64. The Morgan fingerprint density at radius 2 is 1.90 bits per heavy atom. The second-order valence-corrected chi connectivity index (χ2v) is 7.66. The lowest BCUT2D eigenvalue weighted by Crippen LogP contribution is -2.33. The largest absolute Gasteiger partial charge is 0.480 e. The zero-order valence-electron chi connectivity index (χ0n) is 16.0. The van der Waals surface area contributed by atoms with Crippen LogP contribution in [0.15, 0.2) is 42.5 Å². The van der Waals surface area contributed by atoms with E-state index in [2.05, 4.69) is 16.0 Å².